The quantitative estimate of drug-likeness (QED) is 0.812. The van der Waals surface area contributed by atoms with E-state index in [1.807, 2.05) is 0 Å². The van der Waals surface area contributed by atoms with Crippen LogP contribution in [0.3, 0.4) is 0 Å². The van der Waals surface area contributed by atoms with Crippen LogP contribution in [0.1, 0.15) is 24.3 Å². The fourth-order valence-electron chi connectivity index (χ4n) is 2.34. The molecule has 0 heterocycles. The lowest BCUT2D eigenvalue weighted by Gasteiger charge is -2.16. The first-order valence-corrected chi connectivity index (χ1v) is 6.63. The summed E-state index contributed by atoms with van der Waals surface area (Å²) in [4.78, 5) is 22.6. The summed E-state index contributed by atoms with van der Waals surface area (Å²) in [6.45, 7) is 0. The number of alkyl halides is 3. The summed E-state index contributed by atoms with van der Waals surface area (Å²) in [5.41, 5.74) is -0.0483. The second kappa shape index (κ2) is 6.13. The SMILES string of the molecule is O=C(O)C(CC(F)(F)F)NC(=O)C1CC1c1cc(F)ccc1F. The van der Waals surface area contributed by atoms with Crippen LogP contribution in [0, 0.1) is 17.6 Å². The third kappa shape index (κ3) is 4.40. The topological polar surface area (TPSA) is 66.4 Å². The van der Waals surface area contributed by atoms with Crippen LogP contribution in [-0.4, -0.2) is 29.2 Å². The molecule has 4 nitrogen and oxygen atoms in total. The van der Waals surface area contributed by atoms with Crippen molar-refractivity contribution >= 4 is 11.9 Å². The normalized spacial score (nSPS) is 21.6. The molecule has 1 aliphatic carbocycles. The summed E-state index contributed by atoms with van der Waals surface area (Å²) in [5.74, 6) is -5.71. The predicted octanol–water partition coefficient (Wildman–Crippen LogP) is 2.59. The molecule has 3 unspecified atom stereocenters. The lowest BCUT2D eigenvalue weighted by Crippen LogP contribution is -2.44. The van der Waals surface area contributed by atoms with Gasteiger partial charge in [-0.3, -0.25) is 4.79 Å². The number of carbonyl (C=O) groups is 2. The molecule has 1 fully saturated rings. The van der Waals surface area contributed by atoms with Gasteiger partial charge in [-0.05, 0) is 36.1 Å². The molecule has 0 aromatic heterocycles. The van der Waals surface area contributed by atoms with Crippen LogP contribution < -0.4 is 5.32 Å². The molecule has 1 aromatic carbocycles. The molecule has 1 aliphatic rings. The van der Waals surface area contributed by atoms with Crippen molar-refractivity contribution in [1.82, 2.24) is 5.32 Å². The van der Waals surface area contributed by atoms with Gasteiger partial charge >= 0.3 is 12.1 Å². The highest BCUT2D eigenvalue weighted by Gasteiger charge is 2.47. The molecule has 0 spiro atoms. The number of benzene rings is 1. The average molecular weight is 337 g/mol. The van der Waals surface area contributed by atoms with E-state index < -0.39 is 54.0 Å². The first kappa shape index (κ1) is 17.2. The Morgan fingerprint density at radius 2 is 1.96 bits per heavy atom. The molecule has 23 heavy (non-hydrogen) atoms. The van der Waals surface area contributed by atoms with Crippen LogP contribution in [0.4, 0.5) is 22.0 Å². The number of aliphatic carboxylic acids is 1. The molecule has 0 bridgehead atoms. The van der Waals surface area contributed by atoms with E-state index in [1.54, 1.807) is 5.32 Å². The number of carbonyl (C=O) groups excluding carboxylic acids is 1. The summed E-state index contributed by atoms with van der Waals surface area (Å²) in [5, 5.41) is 10.5. The Morgan fingerprint density at radius 1 is 1.30 bits per heavy atom. The van der Waals surface area contributed by atoms with Crippen molar-refractivity contribution in [2.75, 3.05) is 0 Å². The van der Waals surface area contributed by atoms with E-state index in [9.17, 15) is 31.5 Å². The van der Waals surface area contributed by atoms with Crippen molar-refractivity contribution in [2.24, 2.45) is 5.92 Å². The first-order valence-electron chi connectivity index (χ1n) is 6.63. The number of amides is 1. The van der Waals surface area contributed by atoms with E-state index in [0.717, 1.165) is 18.2 Å². The number of rotatable bonds is 5. The van der Waals surface area contributed by atoms with Crippen LogP contribution in [0.5, 0.6) is 0 Å². The van der Waals surface area contributed by atoms with Gasteiger partial charge < -0.3 is 10.4 Å². The molecule has 3 atom stereocenters. The Kier molecular flexibility index (Phi) is 4.58. The second-order valence-electron chi connectivity index (χ2n) is 5.33. The molecule has 0 radical (unpaired) electrons. The molecular weight excluding hydrogens is 325 g/mol. The summed E-state index contributed by atoms with van der Waals surface area (Å²) in [7, 11) is 0. The first-order chi connectivity index (χ1) is 10.6. The van der Waals surface area contributed by atoms with E-state index in [1.165, 1.54) is 0 Å². The van der Waals surface area contributed by atoms with Crippen LogP contribution in [-0.2, 0) is 9.59 Å². The molecule has 1 aromatic rings. The number of halogens is 5. The summed E-state index contributed by atoms with van der Waals surface area (Å²) < 4.78 is 63.5. The zero-order valence-electron chi connectivity index (χ0n) is 11.5. The highest BCUT2D eigenvalue weighted by atomic mass is 19.4. The van der Waals surface area contributed by atoms with Crippen LogP contribution in [0.15, 0.2) is 18.2 Å². The number of hydrogen-bond donors (Lipinski definition) is 2. The summed E-state index contributed by atoms with van der Waals surface area (Å²) in [6.07, 6.45) is -6.35. The van der Waals surface area contributed by atoms with Crippen molar-refractivity contribution in [3.05, 3.63) is 35.4 Å². The van der Waals surface area contributed by atoms with Crippen molar-refractivity contribution in [1.29, 1.82) is 0 Å². The maximum atomic E-state index is 13.6. The largest absolute Gasteiger partial charge is 0.480 e. The molecule has 1 amide bonds. The second-order valence-corrected chi connectivity index (χ2v) is 5.33. The Balaban J connectivity index is 2.02. The van der Waals surface area contributed by atoms with Gasteiger partial charge in [0.15, 0.2) is 0 Å². The molecule has 126 valence electrons. The van der Waals surface area contributed by atoms with Crippen LogP contribution >= 0.6 is 0 Å². The minimum Gasteiger partial charge on any atom is -0.480 e. The number of carboxylic acids is 1. The lowest BCUT2D eigenvalue weighted by molar-refractivity contribution is -0.160. The summed E-state index contributed by atoms with van der Waals surface area (Å²) >= 11 is 0. The van der Waals surface area contributed by atoms with Gasteiger partial charge in [-0.2, -0.15) is 13.2 Å². The fraction of sp³-hybridized carbons (Fsp3) is 0.429. The third-order valence-electron chi connectivity index (χ3n) is 3.53. The van der Waals surface area contributed by atoms with E-state index in [0.29, 0.717) is 0 Å². The van der Waals surface area contributed by atoms with Gasteiger partial charge in [0.1, 0.15) is 17.7 Å². The van der Waals surface area contributed by atoms with E-state index >= 15 is 0 Å². The van der Waals surface area contributed by atoms with E-state index in [4.69, 9.17) is 5.11 Å². The van der Waals surface area contributed by atoms with Crippen LogP contribution in [0.25, 0.3) is 0 Å². The van der Waals surface area contributed by atoms with Gasteiger partial charge in [-0.25, -0.2) is 13.6 Å². The van der Waals surface area contributed by atoms with Gasteiger partial charge in [0.25, 0.3) is 0 Å². The third-order valence-corrected chi connectivity index (χ3v) is 3.53. The summed E-state index contributed by atoms with van der Waals surface area (Å²) in [6, 6.07) is 0.598. The number of hydrogen-bond acceptors (Lipinski definition) is 2. The molecule has 2 N–H and O–H groups in total. The lowest BCUT2D eigenvalue weighted by atomic mass is 10.1. The van der Waals surface area contributed by atoms with E-state index in [-0.39, 0.29) is 12.0 Å². The highest BCUT2D eigenvalue weighted by molar-refractivity contribution is 5.87. The molecule has 0 saturated heterocycles. The molecule has 1 saturated carbocycles. The zero-order valence-corrected chi connectivity index (χ0v) is 11.5. The van der Waals surface area contributed by atoms with Crippen molar-refractivity contribution in [3.63, 3.8) is 0 Å². The minimum atomic E-state index is -4.76. The van der Waals surface area contributed by atoms with E-state index in [2.05, 4.69) is 0 Å². The minimum absolute atomic E-state index is 0.0483. The van der Waals surface area contributed by atoms with Crippen LogP contribution in [0.2, 0.25) is 0 Å². The van der Waals surface area contributed by atoms with Gasteiger partial charge in [-0.1, -0.05) is 0 Å². The smallest absolute Gasteiger partial charge is 0.391 e. The van der Waals surface area contributed by atoms with Gasteiger partial charge in [0, 0.05) is 5.92 Å². The number of nitrogens with one attached hydrogen (secondary N) is 1. The highest BCUT2D eigenvalue weighted by Crippen LogP contribution is 2.48. The molecule has 9 heteroatoms. The maximum absolute atomic E-state index is 13.6. The fourth-order valence-corrected chi connectivity index (χ4v) is 2.34. The van der Waals surface area contributed by atoms with Crippen molar-refractivity contribution in [3.8, 4) is 0 Å². The monoisotopic (exact) mass is 337 g/mol. The standard InChI is InChI=1S/C14H12F5NO3/c15-6-1-2-10(16)8(3-6)7-4-9(7)12(21)20-11(13(22)23)5-14(17,18)19/h1-3,7,9,11H,4-5H2,(H,20,21)(H,22,23). The number of carboxylic acid groups (broad SMARTS) is 1. The Hall–Kier alpha value is -2.19. The van der Waals surface area contributed by atoms with Gasteiger partial charge in [0.05, 0.1) is 6.42 Å². The van der Waals surface area contributed by atoms with Gasteiger partial charge in [-0.15, -0.1) is 0 Å². The zero-order chi connectivity index (χ0) is 17.4. The maximum Gasteiger partial charge on any atom is 0.391 e. The Labute approximate surface area is 127 Å². The Bertz CT molecular complexity index is 631. The molecule has 0 aliphatic heterocycles. The average Bonchev–Trinajstić information content (AvgIpc) is 3.19. The van der Waals surface area contributed by atoms with Gasteiger partial charge in [0.2, 0.25) is 5.91 Å². The molecule has 2 rings (SSSR count). The Morgan fingerprint density at radius 3 is 2.52 bits per heavy atom. The molecular formula is C14H12F5NO3. The predicted molar refractivity (Wildman–Crippen MR) is 67.4 cm³/mol. The van der Waals surface area contributed by atoms with Crippen molar-refractivity contribution in [2.45, 2.75) is 31.0 Å². The van der Waals surface area contributed by atoms with Crippen molar-refractivity contribution < 1.29 is 36.6 Å².